The molecule has 0 spiro atoms. The first-order valence-corrected chi connectivity index (χ1v) is 6.80. The van der Waals surface area contributed by atoms with Gasteiger partial charge in [-0.3, -0.25) is 4.99 Å². The predicted molar refractivity (Wildman–Crippen MR) is 93.7 cm³/mol. The van der Waals surface area contributed by atoms with E-state index >= 15 is 0 Å². The molecule has 0 atom stereocenters. The van der Waals surface area contributed by atoms with Gasteiger partial charge < -0.3 is 15.4 Å². The van der Waals surface area contributed by atoms with Crippen LogP contribution in [-0.2, 0) is 11.3 Å². The minimum Gasteiger partial charge on any atom is -0.380 e. The van der Waals surface area contributed by atoms with E-state index < -0.39 is 0 Å². The molecule has 4 nitrogen and oxygen atoms in total. The molecule has 1 fully saturated rings. The van der Waals surface area contributed by atoms with Crippen LogP contribution in [0.15, 0.2) is 23.2 Å². The molecule has 2 rings (SSSR count). The maximum atomic E-state index is 13.2. The zero-order chi connectivity index (χ0) is 14.6. The van der Waals surface area contributed by atoms with Crippen LogP contribution in [0.4, 0.5) is 4.39 Å². The van der Waals surface area contributed by atoms with Gasteiger partial charge >= 0.3 is 0 Å². The second-order valence-electron chi connectivity index (χ2n) is 5.67. The fraction of sp³-hybridized carbons (Fsp3) is 0.533. The van der Waals surface area contributed by atoms with Crippen molar-refractivity contribution in [1.29, 1.82) is 0 Å². The van der Waals surface area contributed by atoms with Crippen molar-refractivity contribution in [2.24, 2.45) is 10.4 Å². The number of aryl methyl sites for hydroxylation is 1. The second kappa shape index (κ2) is 7.93. The van der Waals surface area contributed by atoms with Crippen molar-refractivity contribution in [3.8, 4) is 0 Å². The predicted octanol–water partition coefficient (Wildman–Crippen LogP) is 2.45. The van der Waals surface area contributed by atoms with Crippen LogP contribution in [0.3, 0.4) is 0 Å². The zero-order valence-electron chi connectivity index (χ0n) is 12.7. The highest BCUT2D eigenvalue weighted by Crippen LogP contribution is 2.24. The highest BCUT2D eigenvalue weighted by molar-refractivity contribution is 14.0. The highest BCUT2D eigenvalue weighted by atomic mass is 127. The molecule has 1 aromatic rings. The van der Waals surface area contributed by atoms with E-state index in [-0.39, 0.29) is 35.2 Å². The Morgan fingerprint density at radius 1 is 1.38 bits per heavy atom. The normalized spacial score (nSPS) is 16.7. The molecule has 1 aliphatic rings. The standard InChI is InChI=1S/C15H22FN3O.HI/c1-11-6-12(4-5-13(11)16)7-18-14(17-3)19-8-15(2)9-20-10-15;/h4-6H,7-10H2,1-3H3,(H2,17,18,19);1H. The summed E-state index contributed by atoms with van der Waals surface area (Å²) >= 11 is 0. The molecule has 0 radical (unpaired) electrons. The molecule has 118 valence electrons. The van der Waals surface area contributed by atoms with E-state index in [1.807, 2.05) is 6.07 Å². The molecule has 21 heavy (non-hydrogen) atoms. The van der Waals surface area contributed by atoms with Crippen molar-refractivity contribution in [3.63, 3.8) is 0 Å². The van der Waals surface area contributed by atoms with Crippen molar-refractivity contribution in [2.75, 3.05) is 26.8 Å². The summed E-state index contributed by atoms with van der Waals surface area (Å²) in [4.78, 5) is 4.18. The van der Waals surface area contributed by atoms with Gasteiger partial charge in [0.15, 0.2) is 5.96 Å². The Balaban J connectivity index is 0.00000220. The molecule has 0 bridgehead atoms. The minimum atomic E-state index is -0.172. The summed E-state index contributed by atoms with van der Waals surface area (Å²) in [5.74, 6) is 0.578. The van der Waals surface area contributed by atoms with Crippen molar-refractivity contribution >= 4 is 29.9 Å². The van der Waals surface area contributed by atoms with Crippen LogP contribution < -0.4 is 10.6 Å². The van der Waals surface area contributed by atoms with Gasteiger partial charge in [0.2, 0.25) is 0 Å². The van der Waals surface area contributed by atoms with Gasteiger partial charge in [-0.1, -0.05) is 19.1 Å². The van der Waals surface area contributed by atoms with Crippen LogP contribution in [0.1, 0.15) is 18.1 Å². The van der Waals surface area contributed by atoms with Gasteiger partial charge in [-0.25, -0.2) is 4.39 Å². The van der Waals surface area contributed by atoms with Gasteiger partial charge in [-0.05, 0) is 24.1 Å². The van der Waals surface area contributed by atoms with E-state index in [2.05, 4.69) is 22.5 Å². The fourth-order valence-corrected chi connectivity index (χ4v) is 2.07. The van der Waals surface area contributed by atoms with Gasteiger partial charge in [0.25, 0.3) is 0 Å². The second-order valence-corrected chi connectivity index (χ2v) is 5.67. The van der Waals surface area contributed by atoms with Gasteiger partial charge in [0, 0.05) is 25.6 Å². The lowest BCUT2D eigenvalue weighted by atomic mass is 9.89. The van der Waals surface area contributed by atoms with Crippen molar-refractivity contribution in [1.82, 2.24) is 10.6 Å². The van der Waals surface area contributed by atoms with E-state index in [9.17, 15) is 4.39 Å². The Bertz CT molecular complexity index is 504. The van der Waals surface area contributed by atoms with Crippen molar-refractivity contribution < 1.29 is 9.13 Å². The lowest BCUT2D eigenvalue weighted by molar-refractivity contribution is -0.0971. The first-order valence-electron chi connectivity index (χ1n) is 6.80. The maximum absolute atomic E-state index is 13.2. The largest absolute Gasteiger partial charge is 0.380 e. The average Bonchev–Trinajstić information content (AvgIpc) is 2.40. The Labute approximate surface area is 142 Å². The Hall–Kier alpha value is -0.890. The molecule has 1 saturated heterocycles. The van der Waals surface area contributed by atoms with E-state index in [1.54, 1.807) is 20.0 Å². The van der Waals surface area contributed by atoms with Crippen molar-refractivity contribution in [2.45, 2.75) is 20.4 Å². The SMILES string of the molecule is CN=C(NCc1ccc(F)c(C)c1)NCC1(C)COC1.I. The summed E-state index contributed by atoms with van der Waals surface area (Å²) in [7, 11) is 1.74. The number of guanidine groups is 1. The summed E-state index contributed by atoms with van der Waals surface area (Å²) in [6, 6.07) is 5.12. The summed E-state index contributed by atoms with van der Waals surface area (Å²) in [5, 5.41) is 6.52. The maximum Gasteiger partial charge on any atom is 0.191 e. The Morgan fingerprint density at radius 3 is 2.62 bits per heavy atom. The molecule has 6 heteroatoms. The molecule has 0 amide bonds. The molecule has 1 aromatic carbocycles. The molecule has 2 N–H and O–H groups in total. The number of rotatable bonds is 4. The summed E-state index contributed by atoms with van der Waals surface area (Å²) in [6.07, 6.45) is 0. The molecular formula is C15H23FIN3O. The van der Waals surface area contributed by atoms with Crippen LogP contribution >= 0.6 is 24.0 Å². The number of ether oxygens (including phenoxy) is 1. The van der Waals surface area contributed by atoms with E-state index in [1.165, 1.54) is 6.07 Å². The van der Waals surface area contributed by atoms with E-state index in [0.717, 1.165) is 31.3 Å². The molecular weight excluding hydrogens is 384 g/mol. The lowest BCUT2D eigenvalue weighted by Crippen LogP contribution is -2.50. The third-order valence-corrected chi connectivity index (χ3v) is 3.49. The quantitative estimate of drug-likeness (QED) is 0.458. The molecule has 0 aliphatic carbocycles. The summed E-state index contributed by atoms with van der Waals surface area (Å²) in [5.41, 5.74) is 1.89. The van der Waals surface area contributed by atoms with Gasteiger partial charge in [-0.15, -0.1) is 24.0 Å². The topological polar surface area (TPSA) is 45.7 Å². The molecule has 1 heterocycles. The molecule has 1 aliphatic heterocycles. The fourth-order valence-electron chi connectivity index (χ4n) is 2.07. The van der Waals surface area contributed by atoms with E-state index in [0.29, 0.717) is 12.1 Å². The smallest absolute Gasteiger partial charge is 0.191 e. The van der Waals surface area contributed by atoms with E-state index in [4.69, 9.17) is 4.74 Å². The van der Waals surface area contributed by atoms with Gasteiger partial charge in [-0.2, -0.15) is 0 Å². The summed E-state index contributed by atoms with van der Waals surface area (Å²) in [6.45, 7) is 6.97. The number of hydrogen-bond donors (Lipinski definition) is 2. The molecule has 0 unspecified atom stereocenters. The molecule has 0 saturated carbocycles. The minimum absolute atomic E-state index is 0. The van der Waals surface area contributed by atoms with Crippen LogP contribution in [-0.4, -0.2) is 32.8 Å². The monoisotopic (exact) mass is 407 g/mol. The lowest BCUT2D eigenvalue weighted by Gasteiger charge is -2.38. The zero-order valence-corrected chi connectivity index (χ0v) is 15.0. The number of aliphatic imine (C=N–C) groups is 1. The van der Waals surface area contributed by atoms with Crippen LogP contribution in [0.5, 0.6) is 0 Å². The van der Waals surface area contributed by atoms with Crippen LogP contribution in [0.25, 0.3) is 0 Å². The average molecular weight is 407 g/mol. The number of halogens is 2. The van der Waals surface area contributed by atoms with Gasteiger partial charge in [0.05, 0.1) is 13.2 Å². The Kier molecular flexibility index (Phi) is 6.86. The number of hydrogen-bond acceptors (Lipinski definition) is 2. The van der Waals surface area contributed by atoms with Gasteiger partial charge in [0.1, 0.15) is 5.82 Å². The molecule has 0 aromatic heterocycles. The van der Waals surface area contributed by atoms with Crippen LogP contribution in [0.2, 0.25) is 0 Å². The van der Waals surface area contributed by atoms with Crippen molar-refractivity contribution in [3.05, 3.63) is 35.1 Å². The third-order valence-electron chi connectivity index (χ3n) is 3.49. The first-order chi connectivity index (χ1) is 9.52. The number of benzene rings is 1. The van der Waals surface area contributed by atoms with Crippen LogP contribution in [0, 0.1) is 18.2 Å². The first kappa shape index (κ1) is 18.2. The third kappa shape index (κ3) is 5.10. The number of nitrogens with zero attached hydrogens (tertiary/aromatic N) is 1. The highest BCUT2D eigenvalue weighted by Gasteiger charge is 2.33. The summed E-state index contributed by atoms with van der Waals surface area (Å²) < 4.78 is 18.4. The Morgan fingerprint density at radius 2 is 2.10 bits per heavy atom. The number of nitrogens with one attached hydrogen (secondary N) is 2.